The SMILES string of the molecule is COc1ccccc1OCCN(C)C(=O)c1cc(-c2ccccc2)ccn1. The van der Waals surface area contributed by atoms with Crippen LogP contribution in [-0.2, 0) is 0 Å². The summed E-state index contributed by atoms with van der Waals surface area (Å²) in [6, 6.07) is 21.1. The number of carbonyl (C=O) groups excluding carboxylic acids is 1. The predicted molar refractivity (Wildman–Crippen MR) is 105 cm³/mol. The van der Waals surface area contributed by atoms with E-state index in [0.29, 0.717) is 30.3 Å². The van der Waals surface area contributed by atoms with E-state index in [9.17, 15) is 4.79 Å². The van der Waals surface area contributed by atoms with Crippen molar-refractivity contribution in [1.29, 1.82) is 0 Å². The van der Waals surface area contributed by atoms with Gasteiger partial charge in [-0.3, -0.25) is 9.78 Å². The first-order chi connectivity index (χ1) is 13.2. The highest BCUT2D eigenvalue weighted by molar-refractivity contribution is 5.93. The molecular weight excluding hydrogens is 340 g/mol. The first-order valence-electron chi connectivity index (χ1n) is 8.72. The van der Waals surface area contributed by atoms with Gasteiger partial charge >= 0.3 is 0 Å². The summed E-state index contributed by atoms with van der Waals surface area (Å²) in [5.41, 5.74) is 2.43. The maximum absolute atomic E-state index is 12.7. The topological polar surface area (TPSA) is 51.7 Å². The van der Waals surface area contributed by atoms with Crippen molar-refractivity contribution in [3.63, 3.8) is 0 Å². The molecule has 0 aliphatic heterocycles. The summed E-state index contributed by atoms with van der Waals surface area (Å²) in [5.74, 6) is 1.19. The molecule has 0 aliphatic rings. The van der Waals surface area contributed by atoms with Crippen molar-refractivity contribution in [3.8, 4) is 22.6 Å². The molecule has 5 nitrogen and oxygen atoms in total. The molecule has 0 unspecified atom stereocenters. The summed E-state index contributed by atoms with van der Waals surface area (Å²) in [5, 5.41) is 0. The van der Waals surface area contributed by atoms with Gasteiger partial charge in [-0.15, -0.1) is 0 Å². The highest BCUT2D eigenvalue weighted by atomic mass is 16.5. The van der Waals surface area contributed by atoms with Crippen LogP contribution in [0.3, 0.4) is 0 Å². The van der Waals surface area contributed by atoms with E-state index in [0.717, 1.165) is 11.1 Å². The molecule has 0 bridgehead atoms. The van der Waals surface area contributed by atoms with E-state index in [4.69, 9.17) is 9.47 Å². The summed E-state index contributed by atoms with van der Waals surface area (Å²) < 4.78 is 11.0. The average molecular weight is 362 g/mol. The molecule has 1 amide bonds. The van der Waals surface area contributed by atoms with Gasteiger partial charge in [0.05, 0.1) is 13.7 Å². The van der Waals surface area contributed by atoms with Crippen molar-refractivity contribution < 1.29 is 14.3 Å². The Hall–Kier alpha value is -3.34. The molecule has 27 heavy (non-hydrogen) atoms. The molecule has 0 spiro atoms. The minimum Gasteiger partial charge on any atom is -0.493 e. The van der Waals surface area contributed by atoms with Crippen LogP contribution in [0.15, 0.2) is 72.9 Å². The molecule has 0 saturated heterocycles. The number of aromatic nitrogens is 1. The van der Waals surface area contributed by atoms with Gasteiger partial charge in [0.2, 0.25) is 0 Å². The molecule has 3 aromatic rings. The minimum atomic E-state index is -0.142. The number of hydrogen-bond acceptors (Lipinski definition) is 4. The number of hydrogen-bond donors (Lipinski definition) is 0. The van der Waals surface area contributed by atoms with Gasteiger partial charge in [0, 0.05) is 13.2 Å². The molecule has 138 valence electrons. The number of carbonyl (C=O) groups is 1. The second kappa shape index (κ2) is 8.85. The number of para-hydroxylation sites is 2. The Morgan fingerprint density at radius 3 is 2.41 bits per heavy atom. The standard InChI is InChI=1S/C22H22N2O3/c1-24(14-15-27-21-11-7-6-10-20(21)26-2)22(25)19-16-18(12-13-23-19)17-8-4-3-5-9-17/h3-13,16H,14-15H2,1-2H3. The lowest BCUT2D eigenvalue weighted by atomic mass is 10.1. The summed E-state index contributed by atoms with van der Waals surface area (Å²) in [7, 11) is 3.34. The summed E-state index contributed by atoms with van der Waals surface area (Å²) in [6.07, 6.45) is 1.66. The third-order valence-electron chi connectivity index (χ3n) is 4.19. The number of amides is 1. The highest BCUT2D eigenvalue weighted by Gasteiger charge is 2.14. The van der Waals surface area contributed by atoms with Crippen LogP contribution in [0, 0.1) is 0 Å². The normalized spacial score (nSPS) is 10.3. The van der Waals surface area contributed by atoms with Gasteiger partial charge in [-0.05, 0) is 35.4 Å². The summed E-state index contributed by atoms with van der Waals surface area (Å²) >= 11 is 0. The summed E-state index contributed by atoms with van der Waals surface area (Å²) in [4.78, 5) is 18.5. The summed E-state index contributed by atoms with van der Waals surface area (Å²) in [6.45, 7) is 0.801. The maximum Gasteiger partial charge on any atom is 0.272 e. The molecule has 2 aromatic carbocycles. The Morgan fingerprint density at radius 1 is 0.963 bits per heavy atom. The Kier molecular flexibility index (Phi) is 6.05. The number of nitrogens with zero attached hydrogens (tertiary/aromatic N) is 2. The van der Waals surface area contributed by atoms with Crippen LogP contribution in [0.4, 0.5) is 0 Å². The largest absolute Gasteiger partial charge is 0.493 e. The number of benzene rings is 2. The number of likely N-dealkylation sites (N-methyl/N-ethyl adjacent to an activating group) is 1. The fourth-order valence-electron chi connectivity index (χ4n) is 2.69. The zero-order chi connectivity index (χ0) is 19.1. The Morgan fingerprint density at radius 2 is 1.67 bits per heavy atom. The van der Waals surface area contributed by atoms with Gasteiger partial charge in [0.15, 0.2) is 11.5 Å². The molecule has 0 saturated carbocycles. The zero-order valence-electron chi connectivity index (χ0n) is 15.5. The second-order valence-corrected chi connectivity index (χ2v) is 6.02. The molecule has 0 fully saturated rings. The van der Waals surface area contributed by atoms with Gasteiger partial charge in [-0.1, -0.05) is 42.5 Å². The van der Waals surface area contributed by atoms with Gasteiger partial charge in [0.25, 0.3) is 5.91 Å². The lowest BCUT2D eigenvalue weighted by Crippen LogP contribution is -2.31. The van der Waals surface area contributed by atoms with Gasteiger partial charge < -0.3 is 14.4 Å². The number of pyridine rings is 1. The van der Waals surface area contributed by atoms with E-state index >= 15 is 0 Å². The fraction of sp³-hybridized carbons (Fsp3) is 0.182. The molecule has 1 aromatic heterocycles. The molecule has 0 atom stereocenters. The van der Waals surface area contributed by atoms with Crippen molar-refractivity contribution in [3.05, 3.63) is 78.6 Å². The Bertz CT molecular complexity index is 897. The van der Waals surface area contributed by atoms with Crippen LogP contribution in [0.5, 0.6) is 11.5 Å². The number of ether oxygens (including phenoxy) is 2. The van der Waals surface area contributed by atoms with E-state index in [1.165, 1.54) is 0 Å². The first-order valence-corrected chi connectivity index (χ1v) is 8.72. The second-order valence-electron chi connectivity index (χ2n) is 6.02. The van der Waals surface area contributed by atoms with Crippen LogP contribution >= 0.6 is 0 Å². The van der Waals surface area contributed by atoms with Gasteiger partial charge in [0.1, 0.15) is 12.3 Å². The Labute approximate surface area is 159 Å². The quantitative estimate of drug-likeness (QED) is 0.639. The Balaban J connectivity index is 1.62. The van der Waals surface area contributed by atoms with Crippen LogP contribution in [0.25, 0.3) is 11.1 Å². The maximum atomic E-state index is 12.7. The van der Waals surface area contributed by atoms with Crippen molar-refractivity contribution in [1.82, 2.24) is 9.88 Å². The lowest BCUT2D eigenvalue weighted by molar-refractivity contribution is 0.0767. The minimum absolute atomic E-state index is 0.142. The molecule has 5 heteroatoms. The molecule has 0 N–H and O–H groups in total. The molecule has 3 rings (SSSR count). The van der Waals surface area contributed by atoms with E-state index in [1.54, 1.807) is 25.3 Å². The molecule has 0 aliphatic carbocycles. The van der Waals surface area contributed by atoms with E-state index in [-0.39, 0.29) is 5.91 Å². The smallest absolute Gasteiger partial charge is 0.272 e. The molecule has 1 heterocycles. The number of methoxy groups -OCH3 is 1. The van der Waals surface area contributed by atoms with Crippen molar-refractivity contribution >= 4 is 5.91 Å². The van der Waals surface area contributed by atoms with Crippen molar-refractivity contribution in [2.75, 3.05) is 27.3 Å². The van der Waals surface area contributed by atoms with Gasteiger partial charge in [-0.2, -0.15) is 0 Å². The predicted octanol–water partition coefficient (Wildman–Crippen LogP) is 3.91. The molecular formula is C22H22N2O3. The third-order valence-corrected chi connectivity index (χ3v) is 4.19. The van der Waals surface area contributed by atoms with Gasteiger partial charge in [-0.25, -0.2) is 0 Å². The first kappa shape index (κ1) is 18.5. The molecule has 0 radical (unpaired) electrons. The van der Waals surface area contributed by atoms with E-state index in [2.05, 4.69) is 4.98 Å². The average Bonchev–Trinajstić information content (AvgIpc) is 2.74. The number of rotatable bonds is 7. The van der Waals surface area contributed by atoms with Crippen molar-refractivity contribution in [2.45, 2.75) is 0 Å². The van der Waals surface area contributed by atoms with E-state index in [1.807, 2.05) is 66.7 Å². The zero-order valence-corrected chi connectivity index (χ0v) is 15.5. The highest BCUT2D eigenvalue weighted by Crippen LogP contribution is 2.25. The monoisotopic (exact) mass is 362 g/mol. The third kappa shape index (κ3) is 4.64. The van der Waals surface area contributed by atoms with Crippen molar-refractivity contribution in [2.24, 2.45) is 0 Å². The van der Waals surface area contributed by atoms with Crippen LogP contribution in [0.1, 0.15) is 10.5 Å². The lowest BCUT2D eigenvalue weighted by Gasteiger charge is -2.18. The van der Waals surface area contributed by atoms with E-state index < -0.39 is 0 Å². The van der Waals surface area contributed by atoms with Crippen LogP contribution in [0.2, 0.25) is 0 Å². The van der Waals surface area contributed by atoms with Crippen LogP contribution in [-0.4, -0.2) is 43.1 Å². The fourth-order valence-corrected chi connectivity index (χ4v) is 2.69. The van der Waals surface area contributed by atoms with Crippen LogP contribution < -0.4 is 9.47 Å².